The van der Waals surface area contributed by atoms with Gasteiger partial charge in [0, 0.05) is 16.2 Å². The van der Waals surface area contributed by atoms with Crippen molar-refractivity contribution in [2.45, 2.75) is 31.5 Å². The number of hydrogen-bond donors (Lipinski definition) is 1. The number of rotatable bonds is 5. The minimum Gasteiger partial charge on any atom is -0.359 e. The lowest BCUT2D eigenvalue weighted by molar-refractivity contribution is -0.120. The summed E-state index contributed by atoms with van der Waals surface area (Å²) in [5.74, 6) is 0. The molecule has 0 spiro atoms. The van der Waals surface area contributed by atoms with Crippen molar-refractivity contribution >= 4 is 21.6 Å². The third kappa shape index (κ3) is 4.11. The Labute approximate surface area is 118 Å². The minimum atomic E-state index is -4.18. The summed E-state index contributed by atoms with van der Waals surface area (Å²) in [5, 5.41) is 0. The Morgan fingerprint density at radius 1 is 1.32 bits per heavy atom. The van der Waals surface area contributed by atoms with Gasteiger partial charge in [0.15, 0.2) is 0 Å². The Morgan fingerprint density at radius 3 is 2.47 bits per heavy atom. The van der Waals surface area contributed by atoms with E-state index in [1.165, 1.54) is 4.90 Å². The summed E-state index contributed by atoms with van der Waals surface area (Å²) < 4.78 is 38.7. The van der Waals surface area contributed by atoms with Crippen molar-refractivity contribution in [3.05, 3.63) is 28.2 Å². The summed E-state index contributed by atoms with van der Waals surface area (Å²) in [5.41, 5.74) is 7.13. The van der Waals surface area contributed by atoms with Crippen molar-refractivity contribution in [2.24, 2.45) is 5.73 Å². The first kappa shape index (κ1) is 14.7. The van der Waals surface area contributed by atoms with Crippen molar-refractivity contribution < 1.29 is 13.2 Å². The molecule has 6 heteroatoms. The van der Waals surface area contributed by atoms with Crippen LogP contribution in [0.2, 0.25) is 0 Å². The fraction of sp³-hybridized carbons (Fsp3) is 0.538. The summed E-state index contributed by atoms with van der Waals surface area (Å²) in [6.45, 7) is -0.368. The fourth-order valence-electron chi connectivity index (χ4n) is 2.08. The van der Waals surface area contributed by atoms with Gasteiger partial charge < -0.3 is 10.6 Å². The second-order valence-electron chi connectivity index (χ2n) is 4.79. The van der Waals surface area contributed by atoms with Crippen molar-refractivity contribution in [1.82, 2.24) is 0 Å². The van der Waals surface area contributed by atoms with Gasteiger partial charge in [0.2, 0.25) is 0 Å². The average Bonchev–Trinajstić information content (AvgIpc) is 3.12. The van der Waals surface area contributed by atoms with Crippen LogP contribution in [0.15, 0.2) is 22.7 Å². The maximum absolute atomic E-state index is 12.6. The molecule has 0 heterocycles. The van der Waals surface area contributed by atoms with Crippen molar-refractivity contribution in [1.29, 1.82) is 0 Å². The molecule has 0 saturated heterocycles. The number of benzene rings is 1. The highest BCUT2D eigenvalue weighted by atomic mass is 79.9. The molecule has 0 amide bonds. The van der Waals surface area contributed by atoms with Crippen LogP contribution in [0.25, 0.3) is 0 Å². The highest BCUT2D eigenvalue weighted by Crippen LogP contribution is 2.36. The monoisotopic (exact) mass is 336 g/mol. The Morgan fingerprint density at radius 2 is 2.00 bits per heavy atom. The molecule has 2 nitrogen and oxygen atoms in total. The zero-order valence-corrected chi connectivity index (χ0v) is 12.0. The molecule has 0 aliphatic heterocycles. The third-order valence-electron chi connectivity index (χ3n) is 3.12. The molecule has 1 aromatic rings. The highest BCUT2D eigenvalue weighted by molar-refractivity contribution is 9.10. The predicted octanol–water partition coefficient (Wildman–Crippen LogP) is 3.48. The molecule has 1 aromatic carbocycles. The van der Waals surface area contributed by atoms with Crippen molar-refractivity contribution in [3.63, 3.8) is 0 Å². The second-order valence-corrected chi connectivity index (χ2v) is 5.64. The summed E-state index contributed by atoms with van der Waals surface area (Å²) >= 11 is 3.40. The molecule has 0 bridgehead atoms. The van der Waals surface area contributed by atoms with Gasteiger partial charge in [-0.1, -0.05) is 22.0 Å². The van der Waals surface area contributed by atoms with Gasteiger partial charge in [0.1, 0.15) is 6.54 Å². The van der Waals surface area contributed by atoms with Gasteiger partial charge in [-0.2, -0.15) is 13.2 Å². The minimum absolute atomic E-state index is 0.0221. The van der Waals surface area contributed by atoms with E-state index >= 15 is 0 Å². The predicted molar refractivity (Wildman–Crippen MR) is 73.3 cm³/mol. The molecule has 19 heavy (non-hydrogen) atoms. The summed E-state index contributed by atoms with van der Waals surface area (Å²) in [7, 11) is 0. The Bertz CT molecular complexity index is 444. The number of nitrogens with zero attached hydrogens (tertiary/aromatic N) is 1. The van der Waals surface area contributed by atoms with Gasteiger partial charge in [-0.05, 0) is 43.5 Å². The SMILES string of the molecule is NCCc1ccc(N(CC(F)(F)F)C2CC2)cc1Br. The highest BCUT2D eigenvalue weighted by Gasteiger charge is 2.38. The first-order valence-electron chi connectivity index (χ1n) is 6.22. The lowest BCUT2D eigenvalue weighted by atomic mass is 10.1. The van der Waals surface area contributed by atoms with E-state index in [2.05, 4.69) is 15.9 Å². The molecule has 1 saturated carbocycles. The fourth-order valence-corrected chi connectivity index (χ4v) is 2.65. The molecular weight excluding hydrogens is 321 g/mol. The van der Waals surface area contributed by atoms with Crippen LogP contribution < -0.4 is 10.6 Å². The number of nitrogens with two attached hydrogens (primary N) is 1. The van der Waals surface area contributed by atoms with E-state index in [0.29, 0.717) is 18.7 Å². The molecular formula is C13H16BrF3N2. The largest absolute Gasteiger partial charge is 0.405 e. The first-order chi connectivity index (χ1) is 8.90. The summed E-state index contributed by atoms with van der Waals surface area (Å²) in [4.78, 5) is 1.44. The average molecular weight is 337 g/mol. The standard InChI is InChI=1S/C13H16BrF3N2/c14-12-7-11(2-1-9(12)5-6-18)19(10-3-4-10)8-13(15,16)17/h1-2,7,10H,3-6,8,18H2. The number of alkyl halides is 3. The van der Waals surface area contributed by atoms with Gasteiger partial charge in [0.25, 0.3) is 0 Å². The van der Waals surface area contributed by atoms with Gasteiger partial charge in [-0.3, -0.25) is 0 Å². The van der Waals surface area contributed by atoms with Crippen LogP contribution in [-0.4, -0.2) is 25.3 Å². The van der Waals surface area contributed by atoms with Crippen LogP contribution >= 0.6 is 15.9 Å². The molecule has 106 valence electrons. The van der Waals surface area contributed by atoms with Gasteiger partial charge in [0.05, 0.1) is 0 Å². The summed E-state index contributed by atoms with van der Waals surface area (Å²) in [6.07, 6.45) is -1.80. The van der Waals surface area contributed by atoms with Crippen LogP contribution in [0.1, 0.15) is 18.4 Å². The number of anilines is 1. The van der Waals surface area contributed by atoms with Crippen LogP contribution in [0.5, 0.6) is 0 Å². The van der Waals surface area contributed by atoms with E-state index in [1.807, 2.05) is 6.07 Å². The Kier molecular flexibility index (Phi) is 4.40. The molecule has 0 atom stereocenters. The number of hydrogen-bond acceptors (Lipinski definition) is 2. The number of halogens is 4. The van der Waals surface area contributed by atoms with E-state index < -0.39 is 12.7 Å². The Hall–Kier alpha value is -0.750. The zero-order chi connectivity index (χ0) is 14.0. The third-order valence-corrected chi connectivity index (χ3v) is 3.86. The molecule has 1 fully saturated rings. The molecule has 0 aromatic heterocycles. The van der Waals surface area contributed by atoms with E-state index in [-0.39, 0.29) is 6.04 Å². The van der Waals surface area contributed by atoms with E-state index in [0.717, 1.165) is 22.9 Å². The van der Waals surface area contributed by atoms with Crippen LogP contribution in [0.3, 0.4) is 0 Å². The maximum atomic E-state index is 12.6. The first-order valence-corrected chi connectivity index (χ1v) is 7.02. The molecule has 1 aliphatic rings. The van der Waals surface area contributed by atoms with Gasteiger partial charge in [-0.15, -0.1) is 0 Å². The maximum Gasteiger partial charge on any atom is 0.405 e. The lowest BCUT2D eigenvalue weighted by Crippen LogP contribution is -2.36. The van der Waals surface area contributed by atoms with E-state index in [9.17, 15) is 13.2 Å². The molecule has 1 aliphatic carbocycles. The molecule has 0 unspecified atom stereocenters. The molecule has 2 rings (SSSR count). The van der Waals surface area contributed by atoms with Gasteiger partial charge in [-0.25, -0.2) is 0 Å². The zero-order valence-electron chi connectivity index (χ0n) is 10.4. The lowest BCUT2D eigenvalue weighted by Gasteiger charge is -2.26. The molecule has 0 radical (unpaired) electrons. The van der Waals surface area contributed by atoms with E-state index in [1.54, 1.807) is 12.1 Å². The smallest absolute Gasteiger partial charge is 0.359 e. The quantitative estimate of drug-likeness (QED) is 0.891. The van der Waals surface area contributed by atoms with Crippen molar-refractivity contribution in [2.75, 3.05) is 18.0 Å². The summed E-state index contributed by atoms with van der Waals surface area (Å²) in [6, 6.07) is 5.38. The Balaban J connectivity index is 2.20. The van der Waals surface area contributed by atoms with Crippen LogP contribution in [0.4, 0.5) is 18.9 Å². The normalized spacial score (nSPS) is 15.6. The molecule has 2 N–H and O–H groups in total. The topological polar surface area (TPSA) is 29.3 Å². The van der Waals surface area contributed by atoms with E-state index in [4.69, 9.17) is 5.73 Å². The van der Waals surface area contributed by atoms with Crippen LogP contribution in [-0.2, 0) is 6.42 Å². The van der Waals surface area contributed by atoms with Gasteiger partial charge >= 0.3 is 6.18 Å². The second kappa shape index (κ2) is 5.71. The van der Waals surface area contributed by atoms with Crippen molar-refractivity contribution in [3.8, 4) is 0 Å². The van der Waals surface area contributed by atoms with Crippen LogP contribution in [0, 0.1) is 0 Å².